The largest absolute Gasteiger partial charge is 0.383 e. The van der Waals surface area contributed by atoms with Gasteiger partial charge in [0, 0.05) is 17.6 Å². The first kappa shape index (κ1) is 14.7. The highest BCUT2D eigenvalue weighted by atomic mass is 32.2. The van der Waals surface area contributed by atoms with E-state index in [1.54, 1.807) is 12.1 Å². The van der Waals surface area contributed by atoms with Crippen LogP contribution < -0.4 is 10.0 Å². The normalized spacial score (nSPS) is 11.3. The van der Waals surface area contributed by atoms with Gasteiger partial charge in [-0.2, -0.15) is 8.42 Å². The van der Waals surface area contributed by atoms with Gasteiger partial charge in [-0.05, 0) is 32.9 Å². The molecule has 0 aliphatic carbocycles. The molecule has 2 aromatic heterocycles. The summed E-state index contributed by atoms with van der Waals surface area (Å²) in [6.07, 6.45) is 1.45. The Balaban J connectivity index is 2.35. The molecule has 0 radical (unpaired) electrons. The van der Waals surface area contributed by atoms with Gasteiger partial charge in [-0.1, -0.05) is 0 Å². The fourth-order valence-corrected chi connectivity index (χ4v) is 3.77. The summed E-state index contributed by atoms with van der Waals surface area (Å²) in [6.45, 7) is 6.25. The lowest BCUT2D eigenvalue weighted by Crippen LogP contribution is -2.16. The van der Waals surface area contributed by atoms with Gasteiger partial charge in [0.15, 0.2) is 10.2 Å². The molecule has 20 heavy (non-hydrogen) atoms. The van der Waals surface area contributed by atoms with Gasteiger partial charge in [0.1, 0.15) is 0 Å². The molecule has 0 amide bonds. The minimum Gasteiger partial charge on any atom is -0.383 e. The molecule has 6 nitrogen and oxygen atoms in total. The van der Waals surface area contributed by atoms with Crippen LogP contribution in [0.25, 0.3) is 0 Å². The van der Waals surface area contributed by atoms with E-state index in [0.29, 0.717) is 17.4 Å². The van der Waals surface area contributed by atoms with Crippen LogP contribution in [0.4, 0.5) is 10.8 Å². The summed E-state index contributed by atoms with van der Waals surface area (Å²) in [5.41, 5.74) is 1.30. The second-order valence-corrected chi connectivity index (χ2v) is 6.95. The minimum atomic E-state index is -3.75. The third-order valence-corrected chi connectivity index (χ3v) is 5.06. The van der Waals surface area contributed by atoms with Gasteiger partial charge in [0.2, 0.25) is 0 Å². The molecule has 0 spiro atoms. The summed E-state index contributed by atoms with van der Waals surface area (Å²) in [5, 5.41) is 3.32. The molecule has 8 heteroatoms. The number of sulfonamides is 1. The predicted octanol–water partition coefficient (Wildman–Crippen LogP) is 2.39. The number of anilines is 2. The fraction of sp³-hybridized carbons (Fsp3) is 0.333. The molecule has 2 rings (SSSR count). The number of nitrogens with one attached hydrogen (secondary N) is 2. The van der Waals surface area contributed by atoms with E-state index < -0.39 is 10.0 Å². The van der Waals surface area contributed by atoms with Crippen LogP contribution in [-0.2, 0) is 10.0 Å². The van der Waals surface area contributed by atoms with Gasteiger partial charge in [-0.15, -0.1) is 11.3 Å². The molecule has 0 unspecified atom stereocenters. The second-order valence-electron chi connectivity index (χ2n) is 4.15. The molecule has 2 heterocycles. The van der Waals surface area contributed by atoms with Gasteiger partial charge in [0.05, 0.1) is 11.4 Å². The van der Waals surface area contributed by atoms with Crippen molar-refractivity contribution in [3.63, 3.8) is 0 Å². The van der Waals surface area contributed by atoms with Crippen LogP contribution in [0.5, 0.6) is 0 Å². The smallest absolute Gasteiger partial charge is 0.283 e. The summed E-state index contributed by atoms with van der Waals surface area (Å²) in [7, 11) is -3.75. The van der Waals surface area contributed by atoms with Crippen LogP contribution in [0, 0.1) is 13.8 Å². The van der Waals surface area contributed by atoms with Gasteiger partial charge >= 0.3 is 0 Å². The van der Waals surface area contributed by atoms with Crippen molar-refractivity contribution in [3.8, 4) is 0 Å². The predicted molar refractivity (Wildman–Crippen MR) is 80.8 cm³/mol. The topological polar surface area (TPSA) is 84.0 Å². The number of aromatic nitrogens is 2. The Kier molecular flexibility index (Phi) is 4.24. The van der Waals surface area contributed by atoms with Crippen molar-refractivity contribution in [2.24, 2.45) is 0 Å². The summed E-state index contributed by atoms with van der Waals surface area (Å²) in [6, 6.07) is 3.37. The SMILES string of the molecule is CCNc1cccnc1S(=O)(=O)Nc1nc(C)c(C)s1. The first-order valence-corrected chi connectivity index (χ1v) is 8.39. The van der Waals surface area contributed by atoms with Crippen molar-refractivity contribution in [1.82, 2.24) is 9.97 Å². The number of hydrogen-bond donors (Lipinski definition) is 2. The highest BCUT2D eigenvalue weighted by Gasteiger charge is 2.21. The highest BCUT2D eigenvalue weighted by Crippen LogP contribution is 2.25. The molecule has 0 saturated heterocycles. The van der Waals surface area contributed by atoms with Crippen molar-refractivity contribution in [2.75, 3.05) is 16.6 Å². The Morgan fingerprint density at radius 2 is 2.10 bits per heavy atom. The van der Waals surface area contributed by atoms with E-state index >= 15 is 0 Å². The van der Waals surface area contributed by atoms with E-state index in [9.17, 15) is 8.42 Å². The molecule has 0 saturated carbocycles. The zero-order valence-corrected chi connectivity index (χ0v) is 13.1. The number of pyridine rings is 1. The summed E-state index contributed by atoms with van der Waals surface area (Å²) < 4.78 is 27.2. The average molecular weight is 312 g/mol. The summed E-state index contributed by atoms with van der Waals surface area (Å²) in [5.74, 6) is 0. The Bertz CT molecular complexity index is 690. The number of nitrogens with zero attached hydrogens (tertiary/aromatic N) is 2. The molecule has 0 aliphatic heterocycles. The van der Waals surface area contributed by atoms with E-state index in [2.05, 4.69) is 20.0 Å². The fourth-order valence-electron chi connectivity index (χ4n) is 1.61. The van der Waals surface area contributed by atoms with E-state index in [0.717, 1.165) is 10.6 Å². The van der Waals surface area contributed by atoms with Crippen molar-refractivity contribution in [3.05, 3.63) is 28.9 Å². The standard InChI is InChI=1S/C12H16N4O2S2/c1-4-13-10-6-5-7-14-11(10)20(17,18)16-12-15-8(2)9(3)19-12/h5-7,13H,4H2,1-3H3,(H,15,16). The van der Waals surface area contributed by atoms with Crippen molar-refractivity contribution in [1.29, 1.82) is 0 Å². The van der Waals surface area contributed by atoms with Gasteiger partial charge in [-0.3, -0.25) is 4.72 Å². The molecule has 0 aliphatic rings. The maximum absolute atomic E-state index is 12.4. The Morgan fingerprint density at radius 3 is 2.70 bits per heavy atom. The number of rotatable bonds is 5. The maximum Gasteiger partial charge on any atom is 0.283 e. The highest BCUT2D eigenvalue weighted by molar-refractivity contribution is 7.93. The van der Waals surface area contributed by atoms with Crippen molar-refractivity contribution < 1.29 is 8.42 Å². The Labute approximate surface area is 122 Å². The zero-order valence-electron chi connectivity index (χ0n) is 11.5. The molecule has 2 N–H and O–H groups in total. The van der Waals surface area contributed by atoms with Crippen LogP contribution in [-0.4, -0.2) is 24.9 Å². The second kappa shape index (κ2) is 5.76. The quantitative estimate of drug-likeness (QED) is 0.885. The van der Waals surface area contributed by atoms with Crippen LogP contribution in [0.1, 0.15) is 17.5 Å². The third kappa shape index (κ3) is 3.07. The molecule has 0 atom stereocenters. The molecule has 0 fully saturated rings. The Morgan fingerprint density at radius 1 is 1.35 bits per heavy atom. The monoisotopic (exact) mass is 312 g/mol. The summed E-state index contributed by atoms with van der Waals surface area (Å²) >= 11 is 1.31. The molecule has 0 bridgehead atoms. The van der Waals surface area contributed by atoms with Crippen molar-refractivity contribution in [2.45, 2.75) is 25.8 Å². The molecule has 0 aromatic carbocycles. The summed E-state index contributed by atoms with van der Waals surface area (Å²) in [4.78, 5) is 9.12. The number of hydrogen-bond acceptors (Lipinski definition) is 6. The van der Waals surface area contributed by atoms with Crippen molar-refractivity contribution >= 4 is 32.2 Å². The van der Waals surface area contributed by atoms with Crippen LogP contribution >= 0.6 is 11.3 Å². The van der Waals surface area contributed by atoms with Gasteiger partial charge < -0.3 is 5.32 Å². The van der Waals surface area contributed by atoms with Gasteiger partial charge in [-0.25, -0.2) is 9.97 Å². The average Bonchev–Trinajstić information content (AvgIpc) is 2.68. The van der Waals surface area contributed by atoms with Crippen LogP contribution in [0.2, 0.25) is 0 Å². The number of aryl methyl sites for hydroxylation is 2. The van der Waals surface area contributed by atoms with Crippen LogP contribution in [0.3, 0.4) is 0 Å². The van der Waals surface area contributed by atoms with E-state index in [-0.39, 0.29) is 5.03 Å². The van der Waals surface area contributed by atoms with E-state index in [1.807, 2.05) is 20.8 Å². The first-order chi connectivity index (χ1) is 9.44. The van der Waals surface area contributed by atoms with Crippen LogP contribution in [0.15, 0.2) is 23.4 Å². The van der Waals surface area contributed by atoms with E-state index in [4.69, 9.17) is 0 Å². The zero-order chi connectivity index (χ0) is 14.8. The molecule has 108 valence electrons. The molecular weight excluding hydrogens is 296 g/mol. The van der Waals surface area contributed by atoms with E-state index in [1.165, 1.54) is 17.5 Å². The minimum absolute atomic E-state index is 0.0210. The lowest BCUT2D eigenvalue weighted by Gasteiger charge is -2.10. The first-order valence-electron chi connectivity index (χ1n) is 6.09. The molecule has 2 aromatic rings. The maximum atomic E-state index is 12.4. The van der Waals surface area contributed by atoms with Gasteiger partial charge in [0.25, 0.3) is 10.0 Å². The third-order valence-electron chi connectivity index (χ3n) is 2.64. The lowest BCUT2D eigenvalue weighted by atomic mass is 10.4. The number of thiazole rings is 1. The molecular formula is C12H16N4O2S2. The Hall–Kier alpha value is -1.67. The lowest BCUT2D eigenvalue weighted by molar-refractivity contribution is 0.598.